The van der Waals surface area contributed by atoms with E-state index in [4.69, 9.17) is 9.57 Å². The maximum atomic E-state index is 12.5. The van der Waals surface area contributed by atoms with Gasteiger partial charge in [0.25, 0.3) is 5.09 Å². The van der Waals surface area contributed by atoms with Gasteiger partial charge >= 0.3 is 0 Å². The highest BCUT2D eigenvalue weighted by Crippen LogP contribution is 2.38. The van der Waals surface area contributed by atoms with Crippen LogP contribution >= 0.6 is 0 Å². The molecule has 190 valence electrons. The highest BCUT2D eigenvalue weighted by molar-refractivity contribution is 5.80. The summed E-state index contributed by atoms with van der Waals surface area (Å²) in [5.41, 5.74) is 1.43. The summed E-state index contributed by atoms with van der Waals surface area (Å²) in [5, 5.41) is 27.3. The fourth-order valence-corrected chi connectivity index (χ4v) is 4.71. The van der Waals surface area contributed by atoms with Crippen LogP contribution in [0.25, 0.3) is 0 Å². The first-order valence-electron chi connectivity index (χ1n) is 11.8. The quantitative estimate of drug-likeness (QED) is 0.322. The molecule has 0 spiro atoms. The number of carbonyl (C=O) groups excluding carboxylic acids is 1. The average molecular weight is 480 g/mol. The average Bonchev–Trinajstić information content (AvgIpc) is 3.16. The number of hydrogen-bond donors (Lipinski definition) is 3. The Morgan fingerprint density at radius 2 is 2.15 bits per heavy atom. The molecule has 0 bridgehead atoms. The van der Waals surface area contributed by atoms with Crippen LogP contribution < -0.4 is 20.3 Å². The van der Waals surface area contributed by atoms with Crippen LogP contribution in [0.1, 0.15) is 46.5 Å². The van der Waals surface area contributed by atoms with Crippen molar-refractivity contribution in [1.29, 1.82) is 0 Å². The molecule has 0 saturated heterocycles. The second-order valence-electron chi connectivity index (χ2n) is 9.78. The van der Waals surface area contributed by atoms with Crippen LogP contribution in [0.5, 0.6) is 5.75 Å². The van der Waals surface area contributed by atoms with Crippen LogP contribution in [-0.2, 0) is 9.63 Å². The zero-order valence-electron chi connectivity index (χ0n) is 20.5. The number of para-hydroxylation sites is 1. The second-order valence-corrected chi connectivity index (χ2v) is 9.78. The molecule has 1 fully saturated rings. The monoisotopic (exact) mass is 479 g/mol. The molecule has 1 aromatic rings. The molecular weight excluding hydrogens is 442 g/mol. The largest absolute Gasteiger partial charge is 0.489 e. The SMILES string of the molecule is CC(=O)N(CC(C)(C)NCC(O)COc1cccc2c1N(C)CN2)C1CCCCC1O[N+](=O)[O-]. The van der Waals surface area contributed by atoms with Gasteiger partial charge in [0.15, 0.2) is 0 Å². The Balaban J connectivity index is 1.54. The third kappa shape index (κ3) is 6.63. The van der Waals surface area contributed by atoms with E-state index in [-0.39, 0.29) is 25.1 Å². The zero-order chi connectivity index (χ0) is 24.9. The van der Waals surface area contributed by atoms with E-state index in [1.54, 1.807) is 4.90 Å². The Kier molecular flexibility index (Phi) is 8.42. The van der Waals surface area contributed by atoms with Crippen LogP contribution in [-0.4, -0.2) is 78.2 Å². The Hall–Kier alpha value is -2.79. The van der Waals surface area contributed by atoms with E-state index in [9.17, 15) is 20.0 Å². The molecule has 1 heterocycles. The molecule has 3 rings (SSSR count). The number of rotatable bonds is 11. The third-order valence-electron chi connectivity index (χ3n) is 6.39. The van der Waals surface area contributed by atoms with E-state index in [1.165, 1.54) is 6.92 Å². The fourth-order valence-electron chi connectivity index (χ4n) is 4.71. The Bertz CT molecular complexity index is 866. The molecule has 34 heavy (non-hydrogen) atoms. The van der Waals surface area contributed by atoms with E-state index in [1.807, 2.05) is 39.1 Å². The van der Waals surface area contributed by atoms with Gasteiger partial charge in [-0.15, -0.1) is 10.1 Å². The van der Waals surface area contributed by atoms with Crippen LogP contribution in [0, 0.1) is 10.1 Å². The van der Waals surface area contributed by atoms with Gasteiger partial charge in [-0.25, -0.2) is 0 Å². The standard InChI is InChI=1S/C23H37N5O6/c1-16(29)27(19-9-5-6-10-20(19)34-28(31)32)14-23(2,3)25-12-17(30)13-33-21-11-7-8-18-22(21)26(4)15-24-18/h7-8,11,17,19-20,24-25,30H,5-6,9-10,12-15H2,1-4H3. The summed E-state index contributed by atoms with van der Waals surface area (Å²) in [6.45, 7) is 6.77. The van der Waals surface area contributed by atoms with Crippen molar-refractivity contribution in [2.75, 3.05) is 43.6 Å². The van der Waals surface area contributed by atoms with Crippen LogP contribution in [0.3, 0.4) is 0 Å². The van der Waals surface area contributed by atoms with Gasteiger partial charge in [-0.1, -0.05) is 18.9 Å². The van der Waals surface area contributed by atoms with Gasteiger partial charge < -0.3 is 35.1 Å². The zero-order valence-corrected chi connectivity index (χ0v) is 20.5. The molecule has 1 amide bonds. The van der Waals surface area contributed by atoms with Gasteiger partial charge in [0.05, 0.1) is 18.4 Å². The van der Waals surface area contributed by atoms with Crippen molar-refractivity contribution in [1.82, 2.24) is 10.2 Å². The molecule has 1 aliphatic heterocycles. The lowest BCUT2D eigenvalue weighted by Crippen LogP contribution is -2.58. The number of fused-ring (bicyclic) bond motifs is 1. The minimum Gasteiger partial charge on any atom is -0.489 e. The molecule has 1 aromatic carbocycles. The molecule has 3 unspecified atom stereocenters. The molecule has 11 nitrogen and oxygen atoms in total. The second kappa shape index (κ2) is 11.1. The Morgan fingerprint density at radius 1 is 1.41 bits per heavy atom. The van der Waals surface area contributed by atoms with E-state index in [0.717, 1.165) is 24.2 Å². The summed E-state index contributed by atoms with van der Waals surface area (Å²) in [4.78, 5) is 32.0. The number of aliphatic hydroxyl groups is 1. The first-order chi connectivity index (χ1) is 16.1. The lowest BCUT2D eigenvalue weighted by molar-refractivity contribution is -0.770. The molecule has 11 heteroatoms. The number of nitrogens with zero attached hydrogens (tertiary/aromatic N) is 3. The number of benzene rings is 1. The Labute approximate surface area is 200 Å². The first kappa shape index (κ1) is 25.8. The maximum absolute atomic E-state index is 12.5. The molecular formula is C23H37N5O6. The van der Waals surface area contributed by atoms with E-state index < -0.39 is 22.8 Å². The van der Waals surface area contributed by atoms with Crippen molar-refractivity contribution >= 4 is 17.3 Å². The lowest BCUT2D eigenvalue weighted by atomic mass is 9.90. The van der Waals surface area contributed by atoms with Crippen molar-refractivity contribution in [3.8, 4) is 5.75 Å². The summed E-state index contributed by atoms with van der Waals surface area (Å²) < 4.78 is 5.90. The Morgan fingerprint density at radius 3 is 2.85 bits per heavy atom. The van der Waals surface area contributed by atoms with Gasteiger partial charge in [0, 0.05) is 32.6 Å². The molecule has 0 aromatic heterocycles. The number of hydrogen-bond acceptors (Lipinski definition) is 9. The minimum absolute atomic E-state index is 0.116. The predicted molar refractivity (Wildman–Crippen MR) is 128 cm³/mol. The number of β-amino-alcohol motifs (C(OH)–C–C–N with tert-alkyl or cyclic N) is 1. The highest BCUT2D eigenvalue weighted by Gasteiger charge is 2.37. The number of carbonyl (C=O) groups is 1. The molecule has 1 aliphatic carbocycles. The molecule has 3 atom stereocenters. The van der Waals surface area contributed by atoms with Crippen molar-refractivity contribution in [3.05, 3.63) is 28.3 Å². The molecule has 2 aliphatic rings. The van der Waals surface area contributed by atoms with Gasteiger partial charge in [-0.2, -0.15) is 0 Å². The number of ether oxygens (including phenoxy) is 1. The van der Waals surface area contributed by atoms with Crippen molar-refractivity contribution in [2.24, 2.45) is 0 Å². The summed E-state index contributed by atoms with van der Waals surface area (Å²) in [5.74, 6) is 0.554. The number of nitrogens with one attached hydrogen (secondary N) is 2. The molecule has 1 saturated carbocycles. The molecule has 0 radical (unpaired) electrons. The number of anilines is 2. The van der Waals surface area contributed by atoms with Gasteiger partial charge in [-0.05, 0) is 38.8 Å². The van der Waals surface area contributed by atoms with Crippen molar-refractivity contribution in [3.63, 3.8) is 0 Å². The van der Waals surface area contributed by atoms with E-state index in [2.05, 4.69) is 15.5 Å². The van der Waals surface area contributed by atoms with Crippen molar-refractivity contribution < 1.29 is 24.6 Å². The number of amides is 1. The van der Waals surface area contributed by atoms with Crippen LogP contribution in [0.2, 0.25) is 0 Å². The fraction of sp³-hybridized carbons (Fsp3) is 0.696. The summed E-state index contributed by atoms with van der Waals surface area (Å²) >= 11 is 0. The minimum atomic E-state index is -0.767. The van der Waals surface area contributed by atoms with E-state index >= 15 is 0 Å². The van der Waals surface area contributed by atoms with Crippen LogP contribution in [0.15, 0.2) is 18.2 Å². The normalized spacial score (nSPS) is 20.8. The summed E-state index contributed by atoms with van der Waals surface area (Å²) in [6, 6.07) is 5.42. The van der Waals surface area contributed by atoms with Gasteiger partial charge in [-0.3, -0.25) is 4.79 Å². The summed E-state index contributed by atoms with van der Waals surface area (Å²) in [7, 11) is 1.97. The predicted octanol–water partition coefficient (Wildman–Crippen LogP) is 1.98. The number of aliphatic hydroxyl groups excluding tert-OH is 1. The highest BCUT2D eigenvalue weighted by atomic mass is 17.0. The van der Waals surface area contributed by atoms with Crippen LogP contribution in [0.4, 0.5) is 11.4 Å². The van der Waals surface area contributed by atoms with Gasteiger partial charge in [0.1, 0.15) is 30.3 Å². The smallest absolute Gasteiger partial charge is 0.294 e. The topological polar surface area (TPSA) is 129 Å². The lowest BCUT2D eigenvalue weighted by Gasteiger charge is -2.42. The van der Waals surface area contributed by atoms with Gasteiger partial charge in [0.2, 0.25) is 5.91 Å². The summed E-state index contributed by atoms with van der Waals surface area (Å²) in [6.07, 6.45) is 1.56. The molecule has 3 N–H and O–H groups in total. The third-order valence-corrected chi connectivity index (χ3v) is 6.39. The first-order valence-corrected chi connectivity index (χ1v) is 11.8. The van der Waals surface area contributed by atoms with E-state index in [0.29, 0.717) is 31.8 Å². The maximum Gasteiger partial charge on any atom is 0.294 e. The van der Waals surface area contributed by atoms with Crippen molar-refractivity contribution in [2.45, 2.75) is 70.2 Å².